The maximum absolute atomic E-state index is 12.7. The molecule has 1 unspecified atom stereocenters. The van der Waals surface area contributed by atoms with Crippen LogP contribution in [0.25, 0.3) is 0 Å². The fraction of sp³-hybridized carbons (Fsp3) is 0.833. The summed E-state index contributed by atoms with van der Waals surface area (Å²) < 4.78 is 25.4. The Labute approximate surface area is 83.6 Å². The van der Waals surface area contributed by atoms with Crippen LogP contribution in [-0.4, -0.2) is 46.3 Å². The molecule has 0 radical (unpaired) electrons. The van der Waals surface area contributed by atoms with E-state index >= 15 is 0 Å². The van der Waals surface area contributed by atoms with Gasteiger partial charge in [-0.25, -0.2) is 5.84 Å². The third-order valence-corrected chi connectivity index (χ3v) is 2.45. The number of hydrogen-bond donors (Lipinski definition) is 4. The maximum atomic E-state index is 12.7. The van der Waals surface area contributed by atoms with E-state index in [9.17, 15) is 13.6 Å². The Hall–Kier alpha value is -0.440. The Bertz CT molecular complexity index is 194. The van der Waals surface area contributed by atoms with Crippen molar-refractivity contribution in [1.82, 2.24) is 5.43 Å². The zero-order valence-electron chi connectivity index (χ0n) is 7.24. The number of amides is 1. The molecule has 14 heavy (non-hydrogen) atoms. The van der Waals surface area contributed by atoms with Crippen LogP contribution in [0, 0.1) is 0 Å². The minimum Gasteiger partial charge on any atom is -0.394 e. The standard InChI is InChI=1S/C6H12F2N2O3S/c7-6(8,5(13)10-9)3-14-2-4(12)1-11/h4,11-12H,1-3,9H2,(H,10,13). The Morgan fingerprint density at radius 2 is 2.21 bits per heavy atom. The topological polar surface area (TPSA) is 95.6 Å². The maximum Gasteiger partial charge on any atom is 0.334 e. The van der Waals surface area contributed by atoms with E-state index < -0.39 is 30.3 Å². The molecule has 0 heterocycles. The second kappa shape index (κ2) is 6.12. The lowest BCUT2D eigenvalue weighted by atomic mass is 10.4. The summed E-state index contributed by atoms with van der Waals surface area (Å²) in [6, 6.07) is 0. The average Bonchev–Trinajstić information content (AvgIpc) is 2.15. The minimum absolute atomic E-state index is 0.0655. The smallest absolute Gasteiger partial charge is 0.334 e. The van der Waals surface area contributed by atoms with Crippen molar-refractivity contribution in [3.63, 3.8) is 0 Å². The highest BCUT2D eigenvalue weighted by molar-refractivity contribution is 7.99. The number of aliphatic hydroxyl groups is 2. The molecule has 0 aliphatic rings. The van der Waals surface area contributed by atoms with E-state index in [1.54, 1.807) is 0 Å². The summed E-state index contributed by atoms with van der Waals surface area (Å²) in [5.74, 6) is -1.44. The molecule has 0 aliphatic carbocycles. The monoisotopic (exact) mass is 230 g/mol. The van der Waals surface area contributed by atoms with Gasteiger partial charge in [0.2, 0.25) is 0 Å². The van der Waals surface area contributed by atoms with Crippen molar-refractivity contribution in [3.8, 4) is 0 Å². The fourth-order valence-electron chi connectivity index (χ4n) is 0.547. The second-order valence-electron chi connectivity index (χ2n) is 2.53. The quantitative estimate of drug-likeness (QED) is 0.258. The predicted octanol–water partition coefficient (Wildman–Crippen LogP) is -1.30. The number of carbonyl (C=O) groups is 1. The van der Waals surface area contributed by atoms with Crippen LogP contribution in [0.2, 0.25) is 0 Å². The van der Waals surface area contributed by atoms with Gasteiger partial charge in [-0.2, -0.15) is 20.5 Å². The van der Waals surface area contributed by atoms with Gasteiger partial charge < -0.3 is 10.2 Å². The van der Waals surface area contributed by atoms with Crippen molar-refractivity contribution >= 4 is 17.7 Å². The second-order valence-corrected chi connectivity index (χ2v) is 3.56. The Morgan fingerprint density at radius 1 is 1.64 bits per heavy atom. The van der Waals surface area contributed by atoms with Crippen molar-refractivity contribution in [2.24, 2.45) is 5.84 Å². The number of rotatable bonds is 6. The molecule has 0 spiro atoms. The Balaban J connectivity index is 3.82. The van der Waals surface area contributed by atoms with E-state index in [1.165, 1.54) is 5.43 Å². The first-order valence-electron chi connectivity index (χ1n) is 3.69. The summed E-state index contributed by atoms with van der Waals surface area (Å²) in [5.41, 5.74) is 1.34. The molecule has 0 rings (SSSR count). The highest BCUT2D eigenvalue weighted by Crippen LogP contribution is 2.20. The fourth-order valence-corrected chi connectivity index (χ4v) is 1.43. The summed E-state index contributed by atoms with van der Waals surface area (Å²) in [4.78, 5) is 10.5. The van der Waals surface area contributed by atoms with Crippen molar-refractivity contribution in [2.75, 3.05) is 18.1 Å². The third kappa shape index (κ3) is 4.70. The molecule has 1 atom stereocenters. The molecule has 8 heteroatoms. The minimum atomic E-state index is -3.56. The number of nitrogens with two attached hydrogens (primary N) is 1. The van der Waals surface area contributed by atoms with Crippen LogP contribution in [0.1, 0.15) is 0 Å². The molecule has 0 saturated carbocycles. The SMILES string of the molecule is NNC(=O)C(F)(F)CSCC(O)CO. The van der Waals surface area contributed by atoms with E-state index in [4.69, 9.17) is 10.2 Å². The molecule has 84 valence electrons. The van der Waals surface area contributed by atoms with Gasteiger partial charge in [0.25, 0.3) is 0 Å². The summed E-state index contributed by atoms with van der Waals surface area (Å²) in [7, 11) is 0. The molecule has 0 saturated heterocycles. The van der Waals surface area contributed by atoms with Gasteiger partial charge in [-0.05, 0) is 0 Å². The van der Waals surface area contributed by atoms with Crippen molar-refractivity contribution in [1.29, 1.82) is 0 Å². The van der Waals surface area contributed by atoms with E-state index in [0.29, 0.717) is 11.8 Å². The lowest BCUT2D eigenvalue weighted by molar-refractivity contribution is -0.142. The van der Waals surface area contributed by atoms with Crippen molar-refractivity contribution < 1.29 is 23.8 Å². The van der Waals surface area contributed by atoms with Crippen LogP contribution in [0.5, 0.6) is 0 Å². The first-order valence-corrected chi connectivity index (χ1v) is 4.85. The number of thioether (sulfide) groups is 1. The molecule has 0 bridgehead atoms. The first-order chi connectivity index (χ1) is 6.44. The van der Waals surface area contributed by atoms with Gasteiger partial charge in [0.05, 0.1) is 18.5 Å². The predicted molar refractivity (Wildman–Crippen MR) is 47.7 cm³/mol. The zero-order chi connectivity index (χ0) is 11.2. The lowest BCUT2D eigenvalue weighted by Crippen LogP contribution is -2.45. The molecule has 5 N–H and O–H groups in total. The van der Waals surface area contributed by atoms with Gasteiger partial charge in [0.15, 0.2) is 0 Å². The van der Waals surface area contributed by atoms with Crippen LogP contribution in [0.15, 0.2) is 0 Å². The summed E-state index contributed by atoms with van der Waals surface area (Å²) in [5, 5.41) is 17.2. The number of hydrogen-bond acceptors (Lipinski definition) is 5. The van der Waals surface area contributed by atoms with Crippen LogP contribution in [0.4, 0.5) is 8.78 Å². The lowest BCUT2D eigenvalue weighted by Gasteiger charge is -2.14. The number of hydrazine groups is 1. The van der Waals surface area contributed by atoms with Gasteiger partial charge >= 0.3 is 11.8 Å². The molecular formula is C6H12F2N2O3S. The van der Waals surface area contributed by atoms with Crippen LogP contribution >= 0.6 is 11.8 Å². The zero-order valence-corrected chi connectivity index (χ0v) is 8.06. The number of halogens is 2. The van der Waals surface area contributed by atoms with Gasteiger partial charge in [-0.3, -0.25) is 10.2 Å². The van der Waals surface area contributed by atoms with Crippen LogP contribution in [-0.2, 0) is 4.79 Å². The number of aliphatic hydroxyl groups excluding tert-OH is 2. The molecular weight excluding hydrogens is 218 g/mol. The summed E-state index contributed by atoms with van der Waals surface area (Å²) in [6.07, 6.45) is -1.06. The molecule has 0 aliphatic heterocycles. The summed E-state index contributed by atoms with van der Waals surface area (Å²) in [6.45, 7) is -0.498. The highest BCUT2D eigenvalue weighted by atomic mass is 32.2. The van der Waals surface area contributed by atoms with Crippen LogP contribution in [0.3, 0.4) is 0 Å². The van der Waals surface area contributed by atoms with Gasteiger partial charge in [-0.15, -0.1) is 0 Å². The summed E-state index contributed by atoms with van der Waals surface area (Å²) >= 11 is 0.660. The molecule has 0 fully saturated rings. The molecule has 0 aromatic heterocycles. The normalized spacial score (nSPS) is 13.8. The molecule has 5 nitrogen and oxygen atoms in total. The first kappa shape index (κ1) is 13.6. The molecule has 0 aromatic carbocycles. The van der Waals surface area contributed by atoms with Gasteiger partial charge in [0.1, 0.15) is 0 Å². The number of carbonyl (C=O) groups excluding carboxylic acids is 1. The van der Waals surface area contributed by atoms with E-state index in [2.05, 4.69) is 5.84 Å². The third-order valence-electron chi connectivity index (χ3n) is 1.27. The van der Waals surface area contributed by atoms with Crippen LogP contribution < -0.4 is 11.3 Å². The van der Waals surface area contributed by atoms with E-state index in [-0.39, 0.29) is 5.75 Å². The highest BCUT2D eigenvalue weighted by Gasteiger charge is 2.38. The average molecular weight is 230 g/mol. The van der Waals surface area contributed by atoms with Gasteiger partial charge in [-0.1, -0.05) is 0 Å². The van der Waals surface area contributed by atoms with Crippen molar-refractivity contribution in [3.05, 3.63) is 0 Å². The van der Waals surface area contributed by atoms with Crippen molar-refractivity contribution in [2.45, 2.75) is 12.0 Å². The molecule has 1 amide bonds. The Kier molecular flexibility index (Phi) is 5.93. The molecule has 0 aromatic rings. The number of nitrogens with one attached hydrogen (secondary N) is 1. The van der Waals surface area contributed by atoms with E-state index in [1.807, 2.05) is 0 Å². The van der Waals surface area contributed by atoms with Gasteiger partial charge in [0, 0.05) is 5.75 Å². The largest absolute Gasteiger partial charge is 0.394 e. The Morgan fingerprint density at radius 3 is 2.64 bits per heavy atom. The number of alkyl halides is 2. The van der Waals surface area contributed by atoms with E-state index in [0.717, 1.165) is 0 Å².